The molecule has 142 valence electrons. The number of rotatable bonds is 4. The van der Waals surface area contributed by atoms with E-state index in [1.807, 2.05) is 6.07 Å². The van der Waals surface area contributed by atoms with Gasteiger partial charge in [0.05, 0.1) is 21.1 Å². The molecular formula is C21H21N5S2. The number of hydrogen-bond acceptors (Lipinski definition) is 7. The zero-order valence-electron chi connectivity index (χ0n) is 15.7. The molecular weight excluding hydrogens is 386 g/mol. The SMILES string of the molecule is Cc1nc(CN2CCN(c3nc(-c4cccs4)nc4ccccc34)CC2)cs1. The van der Waals surface area contributed by atoms with Crippen LogP contribution in [0.4, 0.5) is 5.82 Å². The number of aromatic nitrogens is 3. The van der Waals surface area contributed by atoms with E-state index in [9.17, 15) is 0 Å². The summed E-state index contributed by atoms with van der Waals surface area (Å²) in [4.78, 5) is 20.4. The predicted molar refractivity (Wildman–Crippen MR) is 117 cm³/mol. The minimum Gasteiger partial charge on any atom is -0.353 e. The van der Waals surface area contributed by atoms with Gasteiger partial charge < -0.3 is 4.90 Å². The molecule has 4 heterocycles. The molecule has 1 aliphatic rings. The van der Waals surface area contributed by atoms with Gasteiger partial charge in [-0.15, -0.1) is 22.7 Å². The first kappa shape index (κ1) is 17.7. The number of para-hydroxylation sites is 1. The quantitative estimate of drug-likeness (QED) is 0.500. The molecule has 5 rings (SSSR count). The number of fused-ring (bicyclic) bond motifs is 1. The van der Waals surface area contributed by atoms with Gasteiger partial charge in [-0.3, -0.25) is 4.90 Å². The van der Waals surface area contributed by atoms with Crippen molar-refractivity contribution in [3.05, 3.63) is 57.9 Å². The molecule has 1 fully saturated rings. The molecule has 3 aromatic heterocycles. The lowest BCUT2D eigenvalue weighted by molar-refractivity contribution is 0.247. The third-order valence-electron chi connectivity index (χ3n) is 5.05. The van der Waals surface area contributed by atoms with Gasteiger partial charge in [0.1, 0.15) is 5.82 Å². The number of benzene rings is 1. The van der Waals surface area contributed by atoms with Crippen molar-refractivity contribution in [2.45, 2.75) is 13.5 Å². The van der Waals surface area contributed by atoms with Crippen LogP contribution in [-0.2, 0) is 6.54 Å². The Morgan fingerprint density at radius 1 is 0.929 bits per heavy atom. The van der Waals surface area contributed by atoms with Crippen molar-refractivity contribution in [2.75, 3.05) is 31.1 Å². The normalized spacial score (nSPS) is 15.4. The van der Waals surface area contributed by atoms with Gasteiger partial charge in [-0.05, 0) is 30.5 Å². The summed E-state index contributed by atoms with van der Waals surface area (Å²) in [5, 5.41) is 6.52. The molecule has 0 radical (unpaired) electrons. The first-order chi connectivity index (χ1) is 13.8. The van der Waals surface area contributed by atoms with Crippen molar-refractivity contribution in [3.63, 3.8) is 0 Å². The van der Waals surface area contributed by atoms with E-state index in [1.54, 1.807) is 22.7 Å². The van der Waals surface area contributed by atoms with E-state index >= 15 is 0 Å². The lowest BCUT2D eigenvalue weighted by Gasteiger charge is -2.35. The van der Waals surface area contributed by atoms with Gasteiger partial charge in [0.15, 0.2) is 5.82 Å². The van der Waals surface area contributed by atoms with Crippen LogP contribution in [0.2, 0.25) is 0 Å². The standard InChI is InChI=1S/C21H21N5S2/c1-15-22-16(14-28-15)13-25-8-10-26(11-9-25)21-17-5-2-3-6-18(17)23-20(24-21)19-7-4-12-27-19/h2-7,12,14H,8-11,13H2,1H3. The van der Waals surface area contributed by atoms with E-state index in [0.29, 0.717) is 0 Å². The van der Waals surface area contributed by atoms with Crippen molar-refractivity contribution in [1.82, 2.24) is 19.9 Å². The lowest BCUT2D eigenvalue weighted by Crippen LogP contribution is -2.46. The third kappa shape index (κ3) is 3.53. The molecule has 7 heteroatoms. The largest absolute Gasteiger partial charge is 0.353 e. The summed E-state index contributed by atoms with van der Waals surface area (Å²) >= 11 is 3.41. The van der Waals surface area contributed by atoms with E-state index in [-0.39, 0.29) is 0 Å². The second-order valence-corrected chi connectivity index (χ2v) is 9.00. The molecule has 5 nitrogen and oxygen atoms in total. The number of nitrogens with zero attached hydrogens (tertiary/aromatic N) is 5. The Labute approximate surface area is 172 Å². The van der Waals surface area contributed by atoms with Crippen LogP contribution >= 0.6 is 22.7 Å². The fourth-order valence-corrected chi connectivity index (χ4v) is 4.91. The second kappa shape index (κ2) is 7.58. The highest BCUT2D eigenvalue weighted by Crippen LogP contribution is 2.30. The van der Waals surface area contributed by atoms with Crippen LogP contribution in [0, 0.1) is 6.92 Å². The van der Waals surface area contributed by atoms with Gasteiger partial charge in [-0.25, -0.2) is 15.0 Å². The van der Waals surface area contributed by atoms with E-state index in [0.717, 1.165) is 65.2 Å². The van der Waals surface area contributed by atoms with Crippen LogP contribution in [0.25, 0.3) is 21.6 Å². The zero-order valence-corrected chi connectivity index (χ0v) is 17.3. The maximum Gasteiger partial charge on any atom is 0.172 e. The molecule has 1 aliphatic heterocycles. The summed E-state index contributed by atoms with van der Waals surface area (Å²) in [5.74, 6) is 1.88. The number of piperazine rings is 1. The number of hydrogen-bond donors (Lipinski definition) is 0. The first-order valence-electron chi connectivity index (χ1n) is 9.45. The van der Waals surface area contributed by atoms with E-state index < -0.39 is 0 Å². The van der Waals surface area contributed by atoms with Crippen LogP contribution in [0.15, 0.2) is 47.2 Å². The molecule has 0 spiro atoms. The molecule has 0 saturated carbocycles. The van der Waals surface area contributed by atoms with Gasteiger partial charge in [-0.2, -0.15) is 0 Å². The summed E-state index contributed by atoms with van der Waals surface area (Å²) in [7, 11) is 0. The van der Waals surface area contributed by atoms with Crippen molar-refractivity contribution >= 4 is 39.4 Å². The Kier molecular flexibility index (Phi) is 4.80. The molecule has 0 bridgehead atoms. The number of anilines is 1. The van der Waals surface area contributed by atoms with Gasteiger partial charge in [0.25, 0.3) is 0 Å². The molecule has 4 aromatic rings. The van der Waals surface area contributed by atoms with Crippen LogP contribution in [0.5, 0.6) is 0 Å². The number of thiophene rings is 1. The predicted octanol–water partition coefficient (Wildman–Crippen LogP) is 4.45. The molecule has 1 aromatic carbocycles. The van der Waals surface area contributed by atoms with E-state index in [1.165, 1.54) is 5.69 Å². The van der Waals surface area contributed by atoms with Crippen molar-refractivity contribution in [2.24, 2.45) is 0 Å². The Bertz CT molecular complexity index is 1080. The molecule has 1 saturated heterocycles. The highest BCUT2D eigenvalue weighted by atomic mass is 32.1. The van der Waals surface area contributed by atoms with Gasteiger partial charge in [0, 0.05) is 43.5 Å². The summed E-state index contributed by atoms with van der Waals surface area (Å²) in [5.41, 5.74) is 2.19. The Morgan fingerprint density at radius 3 is 2.54 bits per heavy atom. The van der Waals surface area contributed by atoms with Gasteiger partial charge in [-0.1, -0.05) is 18.2 Å². The first-order valence-corrected chi connectivity index (χ1v) is 11.2. The zero-order chi connectivity index (χ0) is 18.9. The summed E-state index contributed by atoms with van der Waals surface area (Å²) < 4.78 is 0. The van der Waals surface area contributed by atoms with Crippen molar-refractivity contribution in [1.29, 1.82) is 0 Å². The van der Waals surface area contributed by atoms with Crippen LogP contribution < -0.4 is 4.90 Å². The highest BCUT2D eigenvalue weighted by molar-refractivity contribution is 7.13. The Morgan fingerprint density at radius 2 is 1.79 bits per heavy atom. The fourth-order valence-electron chi connectivity index (χ4n) is 3.64. The average molecular weight is 408 g/mol. The number of aryl methyl sites for hydroxylation is 1. The summed E-state index contributed by atoms with van der Waals surface area (Å²) in [6.07, 6.45) is 0. The minimum atomic E-state index is 0.823. The van der Waals surface area contributed by atoms with Gasteiger partial charge in [0.2, 0.25) is 0 Å². The van der Waals surface area contributed by atoms with Crippen LogP contribution in [0.3, 0.4) is 0 Å². The second-order valence-electron chi connectivity index (χ2n) is 6.99. The molecule has 0 N–H and O–H groups in total. The average Bonchev–Trinajstić information content (AvgIpc) is 3.40. The molecule has 28 heavy (non-hydrogen) atoms. The van der Waals surface area contributed by atoms with E-state index in [4.69, 9.17) is 9.97 Å². The van der Waals surface area contributed by atoms with Crippen molar-refractivity contribution < 1.29 is 0 Å². The Hall–Kier alpha value is -2.35. The third-order valence-corrected chi connectivity index (χ3v) is 6.74. The fraction of sp³-hybridized carbons (Fsp3) is 0.286. The monoisotopic (exact) mass is 407 g/mol. The summed E-state index contributed by atoms with van der Waals surface area (Å²) in [6.45, 7) is 6.97. The molecule has 0 atom stereocenters. The van der Waals surface area contributed by atoms with Crippen LogP contribution in [-0.4, -0.2) is 46.0 Å². The van der Waals surface area contributed by atoms with Crippen molar-refractivity contribution in [3.8, 4) is 10.7 Å². The lowest BCUT2D eigenvalue weighted by atomic mass is 10.2. The highest BCUT2D eigenvalue weighted by Gasteiger charge is 2.21. The molecule has 0 aliphatic carbocycles. The van der Waals surface area contributed by atoms with Crippen LogP contribution in [0.1, 0.15) is 10.7 Å². The van der Waals surface area contributed by atoms with Gasteiger partial charge >= 0.3 is 0 Å². The minimum absolute atomic E-state index is 0.823. The van der Waals surface area contributed by atoms with E-state index in [2.05, 4.69) is 62.8 Å². The number of thiazole rings is 1. The maximum atomic E-state index is 4.98. The summed E-state index contributed by atoms with van der Waals surface area (Å²) in [6, 6.07) is 12.5. The Balaban J connectivity index is 1.40. The maximum absolute atomic E-state index is 4.98. The smallest absolute Gasteiger partial charge is 0.172 e. The molecule has 0 unspecified atom stereocenters. The topological polar surface area (TPSA) is 45.2 Å². The molecule has 0 amide bonds.